The summed E-state index contributed by atoms with van der Waals surface area (Å²) in [5, 5.41) is 2.91. The van der Waals surface area contributed by atoms with Crippen molar-refractivity contribution >= 4 is 21.6 Å². The standard InChI is InChI=1S/C21H25FN2O3S/c1-2-5-16-8-10-18(11-9-16)23-21(25)17-12-14-24(15-13-17)28(26,27)20-7-4-3-6-19(20)22/h3-4,6-11,17H,2,5,12-15H2,1H3,(H,23,25). The number of nitrogens with zero attached hydrogens (tertiary/aromatic N) is 1. The average molecular weight is 405 g/mol. The molecule has 1 aliphatic heterocycles. The van der Waals surface area contributed by atoms with Crippen LogP contribution in [0.1, 0.15) is 31.7 Å². The average Bonchev–Trinajstić information content (AvgIpc) is 2.70. The number of rotatable bonds is 6. The molecule has 3 rings (SSSR count). The summed E-state index contributed by atoms with van der Waals surface area (Å²) in [6.45, 7) is 2.52. The number of amides is 1. The second kappa shape index (κ2) is 8.84. The minimum absolute atomic E-state index is 0.105. The topological polar surface area (TPSA) is 66.5 Å². The number of sulfonamides is 1. The van der Waals surface area contributed by atoms with E-state index in [-0.39, 0.29) is 29.8 Å². The highest BCUT2D eigenvalue weighted by atomic mass is 32.2. The fraction of sp³-hybridized carbons (Fsp3) is 0.381. The van der Waals surface area contributed by atoms with E-state index in [1.807, 2.05) is 24.3 Å². The zero-order valence-electron chi connectivity index (χ0n) is 15.9. The van der Waals surface area contributed by atoms with Crippen molar-refractivity contribution in [2.45, 2.75) is 37.5 Å². The highest BCUT2D eigenvalue weighted by Crippen LogP contribution is 2.26. The Morgan fingerprint density at radius 1 is 1.11 bits per heavy atom. The maximum absolute atomic E-state index is 13.9. The van der Waals surface area contributed by atoms with Crippen LogP contribution in [0.5, 0.6) is 0 Å². The quantitative estimate of drug-likeness (QED) is 0.796. The van der Waals surface area contributed by atoms with Crippen LogP contribution >= 0.6 is 0 Å². The van der Waals surface area contributed by atoms with Gasteiger partial charge in [-0.3, -0.25) is 4.79 Å². The van der Waals surface area contributed by atoms with E-state index < -0.39 is 15.8 Å². The molecule has 1 fully saturated rings. The van der Waals surface area contributed by atoms with E-state index in [4.69, 9.17) is 0 Å². The van der Waals surface area contributed by atoms with Gasteiger partial charge in [0.2, 0.25) is 15.9 Å². The molecule has 1 N–H and O–H groups in total. The minimum Gasteiger partial charge on any atom is -0.326 e. The summed E-state index contributed by atoms with van der Waals surface area (Å²) in [5.41, 5.74) is 1.97. The molecule has 1 heterocycles. The van der Waals surface area contributed by atoms with Gasteiger partial charge in [-0.25, -0.2) is 12.8 Å². The zero-order valence-corrected chi connectivity index (χ0v) is 16.7. The Bertz CT molecular complexity index is 921. The summed E-state index contributed by atoms with van der Waals surface area (Å²) < 4.78 is 40.4. The lowest BCUT2D eigenvalue weighted by atomic mass is 9.97. The molecular formula is C21H25FN2O3S. The van der Waals surface area contributed by atoms with Crippen LogP contribution in [-0.2, 0) is 21.2 Å². The van der Waals surface area contributed by atoms with Crippen molar-refractivity contribution in [2.75, 3.05) is 18.4 Å². The van der Waals surface area contributed by atoms with Crippen molar-refractivity contribution in [1.29, 1.82) is 0 Å². The summed E-state index contributed by atoms with van der Waals surface area (Å²) in [6.07, 6.45) is 2.89. The molecule has 0 radical (unpaired) electrons. The molecule has 28 heavy (non-hydrogen) atoms. The van der Waals surface area contributed by atoms with Crippen molar-refractivity contribution in [2.24, 2.45) is 5.92 Å². The van der Waals surface area contributed by atoms with E-state index in [1.54, 1.807) is 0 Å². The van der Waals surface area contributed by atoms with Gasteiger partial charge in [-0.2, -0.15) is 4.31 Å². The maximum atomic E-state index is 13.9. The SMILES string of the molecule is CCCc1ccc(NC(=O)C2CCN(S(=O)(=O)c3ccccc3F)CC2)cc1. The molecule has 2 aromatic carbocycles. The third kappa shape index (κ3) is 4.59. The van der Waals surface area contributed by atoms with Gasteiger partial charge in [-0.15, -0.1) is 0 Å². The summed E-state index contributed by atoms with van der Waals surface area (Å²) in [4.78, 5) is 12.2. The van der Waals surface area contributed by atoms with Crippen LogP contribution in [-0.4, -0.2) is 31.7 Å². The van der Waals surface area contributed by atoms with E-state index >= 15 is 0 Å². The van der Waals surface area contributed by atoms with E-state index in [0.717, 1.165) is 24.6 Å². The highest BCUT2D eigenvalue weighted by Gasteiger charge is 2.33. The van der Waals surface area contributed by atoms with Crippen molar-refractivity contribution in [3.63, 3.8) is 0 Å². The fourth-order valence-electron chi connectivity index (χ4n) is 3.44. The number of benzene rings is 2. The maximum Gasteiger partial charge on any atom is 0.245 e. The van der Waals surface area contributed by atoms with Crippen molar-refractivity contribution in [3.05, 3.63) is 59.9 Å². The molecule has 7 heteroatoms. The van der Waals surface area contributed by atoms with Gasteiger partial charge in [0.1, 0.15) is 10.7 Å². The summed E-state index contributed by atoms with van der Waals surface area (Å²) in [7, 11) is -3.88. The Balaban J connectivity index is 1.59. The Morgan fingerprint density at radius 3 is 2.36 bits per heavy atom. The van der Waals surface area contributed by atoms with Crippen LogP contribution in [0.25, 0.3) is 0 Å². The van der Waals surface area contributed by atoms with Gasteiger partial charge in [0.25, 0.3) is 0 Å². The molecule has 1 aliphatic rings. The molecule has 0 atom stereocenters. The minimum atomic E-state index is -3.88. The molecule has 0 spiro atoms. The molecule has 5 nitrogen and oxygen atoms in total. The largest absolute Gasteiger partial charge is 0.326 e. The third-order valence-corrected chi connectivity index (χ3v) is 6.97. The Labute approximate surface area is 165 Å². The van der Waals surface area contributed by atoms with Crippen LogP contribution in [0.4, 0.5) is 10.1 Å². The number of halogens is 1. The first-order valence-corrected chi connectivity index (χ1v) is 11.0. The van der Waals surface area contributed by atoms with E-state index in [1.165, 1.54) is 28.1 Å². The molecular weight excluding hydrogens is 379 g/mol. The monoisotopic (exact) mass is 404 g/mol. The highest BCUT2D eigenvalue weighted by molar-refractivity contribution is 7.89. The van der Waals surface area contributed by atoms with Crippen LogP contribution in [0.3, 0.4) is 0 Å². The first kappa shape index (κ1) is 20.5. The van der Waals surface area contributed by atoms with Gasteiger partial charge >= 0.3 is 0 Å². The number of hydrogen-bond acceptors (Lipinski definition) is 3. The Kier molecular flexibility index (Phi) is 6.46. The molecule has 0 saturated carbocycles. The van der Waals surface area contributed by atoms with Gasteiger partial charge in [-0.05, 0) is 49.1 Å². The van der Waals surface area contributed by atoms with E-state index in [0.29, 0.717) is 12.8 Å². The first-order chi connectivity index (χ1) is 13.4. The number of nitrogens with one attached hydrogen (secondary N) is 1. The van der Waals surface area contributed by atoms with E-state index in [9.17, 15) is 17.6 Å². The Hall–Kier alpha value is -2.25. The van der Waals surface area contributed by atoms with Gasteiger partial charge in [0, 0.05) is 24.7 Å². The molecule has 2 aromatic rings. The summed E-state index contributed by atoms with van der Waals surface area (Å²) in [6, 6.07) is 13.2. The van der Waals surface area contributed by atoms with Gasteiger partial charge in [-0.1, -0.05) is 37.6 Å². The van der Waals surface area contributed by atoms with Crippen molar-refractivity contribution < 1.29 is 17.6 Å². The molecule has 1 saturated heterocycles. The Morgan fingerprint density at radius 2 is 1.75 bits per heavy atom. The number of carbonyl (C=O) groups is 1. The number of hydrogen-bond donors (Lipinski definition) is 1. The van der Waals surface area contributed by atoms with Gasteiger partial charge in [0.15, 0.2) is 0 Å². The number of anilines is 1. The summed E-state index contributed by atoms with van der Waals surface area (Å²) >= 11 is 0. The molecule has 1 amide bonds. The second-order valence-electron chi connectivity index (χ2n) is 7.04. The number of piperidine rings is 1. The van der Waals surface area contributed by atoms with Crippen LogP contribution < -0.4 is 5.32 Å². The van der Waals surface area contributed by atoms with Gasteiger partial charge in [0.05, 0.1) is 0 Å². The number of aryl methyl sites for hydroxylation is 1. The number of carbonyl (C=O) groups excluding carboxylic acids is 1. The molecule has 0 bridgehead atoms. The lowest BCUT2D eigenvalue weighted by Gasteiger charge is -2.30. The van der Waals surface area contributed by atoms with Crippen LogP contribution in [0.2, 0.25) is 0 Å². The predicted octanol–water partition coefficient (Wildman–Crippen LogP) is 3.82. The van der Waals surface area contributed by atoms with Crippen molar-refractivity contribution in [1.82, 2.24) is 4.31 Å². The fourth-order valence-corrected chi connectivity index (χ4v) is 4.97. The van der Waals surface area contributed by atoms with Gasteiger partial charge < -0.3 is 5.32 Å². The lowest BCUT2D eigenvalue weighted by molar-refractivity contribution is -0.120. The summed E-state index contributed by atoms with van der Waals surface area (Å²) in [5.74, 6) is -1.12. The molecule has 0 unspecified atom stereocenters. The molecule has 0 aliphatic carbocycles. The van der Waals surface area contributed by atoms with Crippen LogP contribution in [0.15, 0.2) is 53.4 Å². The molecule has 0 aromatic heterocycles. The van der Waals surface area contributed by atoms with E-state index in [2.05, 4.69) is 12.2 Å². The smallest absolute Gasteiger partial charge is 0.245 e. The second-order valence-corrected chi connectivity index (χ2v) is 8.95. The zero-order chi connectivity index (χ0) is 20.1. The normalized spacial score (nSPS) is 16.1. The third-order valence-electron chi connectivity index (χ3n) is 5.04. The lowest BCUT2D eigenvalue weighted by Crippen LogP contribution is -2.41. The first-order valence-electron chi connectivity index (χ1n) is 9.56. The van der Waals surface area contributed by atoms with Crippen molar-refractivity contribution in [3.8, 4) is 0 Å². The predicted molar refractivity (Wildman–Crippen MR) is 107 cm³/mol. The van der Waals surface area contributed by atoms with Crippen LogP contribution in [0, 0.1) is 11.7 Å². The molecule has 150 valence electrons.